The molecule has 0 aliphatic heterocycles. The first-order valence-corrected chi connectivity index (χ1v) is 9.02. The number of anilines is 1. The van der Waals surface area contributed by atoms with Crippen molar-refractivity contribution in [2.75, 3.05) is 11.9 Å². The Bertz CT molecular complexity index is 600. The summed E-state index contributed by atoms with van der Waals surface area (Å²) in [5.74, 6) is 0. The van der Waals surface area contributed by atoms with E-state index in [1.54, 1.807) is 11.3 Å². The zero-order valence-corrected chi connectivity index (χ0v) is 15.4. The largest absolute Gasteiger partial charge is 0.369 e. The molecule has 2 N–H and O–H groups in total. The molecule has 0 saturated carbocycles. The van der Waals surface area contributed by atoms with Gasteiger partial charge in [0.05, 0.1) is 6.54 Å². The topological polar surface area (TPSA) is 29.3 Å². The highest BCUT2D eigenvalue weighted by Gasteiger charge is 2.12. The predicted molar refractivity (Wildman–Crippen MR) is 97.5 cm³/mol. The Labute approximate surface area is 144 Å². The summed E-state index contributed by atoms with van der Waals surface area (Å²) in [5.41, 5.74) is 8.53. The van der Waals surface area contributed by atoms with Crippen molar-refractivity contribution in [3.05, 3.63) is 49.6 Å². The highest BCUT2D eigenvalue weighted by atomic mass is 79.9. The summed E-state index contributed by atoms with van der Waals surface area (Å²) >= 11 is 11.4. The highest BCUT2D eigenvalue weighted by molar-refractivity contribution is 9.10. The third-order valence-corrected chi connectivity index (χ3v) is 5.39. The van der Waals surface area contributed by atoms with E-state index < -0.39 is 0 Å². The SMILES string of the molecule is CCC(N)Cc1cc(Cl)ccc1N(C)Cc1cc(Br)cs1. The maximum atomic E-state index is 6.15. The molecule has 1 atom stereocenters. The monoisotopic (exact) mass is 386 g/mol. The molecule has 114 valence electrons. The van der Waals surface area contributed by atoms with Crippen molar-refractivity contribution in [1.29, 1.82) is 0 Å². The summed E-state index contributed by atoms with van der Waals surface area (Å²) in [7, 11) is 2.11. The van der Waals surface area contributed by atoms with Crippen LogP contribution in [0.25, 0.3) is 0 Å². The zero-order chi connectivity index (χ0) is 15.4. The highest BCUT2D eigenvalue weighted by Crippen LogP contribution is 2.28. The second-order valence-electron chi connectivity index (χ2n) is 5.23. The number of rotatable bonds is 6. The van der Waals surface area contributed by atoms with Crippen molar-refractivity contribution < 1.29 is 0 Å². The standard InChI is InChI=1S/C16H20BrClN2S/c1-3-14(19)7-11-6-13(18)4-5-16(11)20(2)9-15-8-12(17)10-21-15/h4-6,8,10,14H,3,7,9,19H2,1-2H3. The molecule has 0 amide bonds. The molecule has 1 aromatic heterocycles. The molecule has 1 aromatic carbocycles. The Morgan fingerprint density at radius 2 is 2.14 bits per heavy atom. The Hall–Kier alpha value is -0.550. The van der Waals surface area contributed by atoms with Crippen LogP contribution in [0.4, 0.5) is 5.69 Å². The van der Waals surface area contributed by atoms with Gasteiger partial charge in [-0.25, -0.2) is 0 Å². The third kappa shape index (κ3) is 4.71. The number of halogens is 2. The van der Waals surface area contributed by atoms with E-state index in [1.807, 2.05) is 12.1 Å². The summed E-state index contributed by atoms with van der Waals surface area (Å²) in [5, 5.41) is 2.88. The first-order chi connectivity index (χ1) is 9.99. The summed E-state index contributed by atoms with van der Waals surface area (Å²) < 4.78 is 1.14. The average molecular weight is 388 g/mol. The van der Waals surface area contributed by atoms with E-state index in [1.165, 1.54) is 16.1 Å². The van der Waals surface area contributed by atoms with Crippen LogP contribution in [0.2, 0.25) is 5.02 Å². The van der Waals surface area contributed by atoms with Crippen molar-refractivity contribution in [2.45, 2.75) is 32.4 Å². The summed E-state index contributed by atoms with van der Waals surface area (Å²) in [6.45, 7) is 2.99. The first-order valence-electron chi connectivity index (χ1n) is 6.97. The lowest BCUT2D eigenvalue weighted by molar-refractivity contribution is 0.645. The predicted octanol–water partition coefficient (Wildman–Crippen LogP) is 5.08. The van der Waals surface area contributed by atoms with Gasteiger partial charge in [0.25, 0.3) is 0 Å². The van der Waals surface area contributed by atoms with Crippen LogP contribution < -0.4 is 10.6 Å². The fraction of sp³-hybridized carbons (Fsp3) is 0.375. The number of hydrogen-bond acceptors (Lipinski definition) is 3. The van der Waals surface area contributed by atoms with Gasteiger partial charge in [0.2, 0.25) is 0 Å². The van der Waals surface area contributed by atoms with Gasteiger partial charge < -0.3 is 10.6 Å². The quantitative estimate of drug-likeness (QED) is 0.749. The minimum Gasteiger partial charge on any atom is -0.369 e. The first kappa shape index (κ1) is 16.8. The van der Waals surface area contributed by atoms with Gasteiger partial charge in [0.15, 0.2) is 0 Å². The molecule has 21 heavy (non-hydrogen) atoms. The van der Waals surface area contributed by atoms with Gasteiger partial charge in [0.1, 0.15) is 0 Å². The Morgan fingerprint density at radius 3 is 2.76 bits per heavy atom. The average Bonchev–Trinajstić information content (AvgIpc) is 2.84. The molecular weight excluding hydrogens is 368 g/mol. The molecule has 2 rings (SSSR count). The van der Waals surface area contributed by atoms with Crippen molar-refractivity contribution in [3.8, 4) is 0 Å². The van der Waals surface area contributed by atoms with Gasteiger partial charge in [-0.05, 0) is 58.6 Å². The van der Waals surface area contributed by atoms with Crippen molar-refractivity contribution >= 4 is 44.6 Å². The van der Waals surface area contributed by atoms with Crippen LogP contribution in [-0.2, 0) is 13.0 Å². The lowest BCUT2D eigenvalue weighted by atomic mass is 10.0. The third-order valence-electron chi connectivity index (χ3n) is 3.47. The lowest BCUT2D eigenvalue weighted by Crippen LogP contribution is -2.24. The van der Waals surface area contributed by atoms with E-state index in [-0.39, 0.29) is 6.04 Å². The van der Waals surface area contributed by atoms with Gasteiger partial charge in [-0.3, -0.25) is 0 Å². The Morgan fingerprint density at radius 1 is 1.38 bits per heavy atom. The molecule has 5 heteroatoms. The van der Waals surface area contributed by atoms with Crippen molar-refractivity contribution in [3.63, 3.8) is 0 Å². The lowest BCUT2D eigenvalue weighted by Gasteiger charge is -2.23. The van der Waals surface area contributed by atoms with Gasteiger partial charge in [-0.15, -0.1) is 11.3 Å². The fourth-order valence-corrected chi connectivity index (χ4v) is 3.97. The van der Waals surface area contributed by atoms with E-state index in [4.69, 9.17) is 17.3 Å². The van der Waals surface area contributed by atoms with Crippen molar-refractivity contribution in [2.24, 2.45) is 5.73 Å². The minimum atomic E-state index is 0.173. The van der Waals surface area contributed by atoms with E-state index >= 15 is 0 Å². The molecule has 0 radical (unpaired) electrons. The van der Waals surface area contributed by atoms with Crippen LogP contribution in [0.1, 0.15) is 23.8 Å². The summed E-state index contributed by atoms with van der Waals surface area (Å²) in [6.07, 6.45) is 1.82. The normalized spacial score (nSPS) is 12.4. The van der Waals surface area contributed by atoms with E-state index in [0.29, 0.717) is 0 Å². The van der Waals surface area contributed by atoms with Gasteiger partial charge in [-0.2, -0.15) is 0 Å². The molecule has 1 unspecified atom stereocenters. The van der Waals surface area contributed by atoms with Gasteiger partial charge in [0, 0.05) is 38.5 Å². The molecule has 0 aliphatic rings. The van der Waals surface area contributed by atoms with Gasteiger partial charge in [-0.1, -0.05) is 18.5 Å². The second kappa shape index (κ2) is 7.63. The number of nitrogens with zero attached hydrogens (tertiary/aromatic N) is 1. The van der Waals surface area contributed by atoms with Crippen LogP contribution in [0.15, 0.2) is 34.1 Å². The van der Waals surface area contributed by atoms with Crippen molar-refractivity contribution in [1.82, 2.24) is 0 Å². The summed E-state index contributed by atoms with van der Waals surface area (Å²) in [4.78, 5) is 3.58. The fourth-order valence-electron chi connectivity index (χ4n) is 2.27. The van der Waals surface area contributed by atoms with E-state index in [9.17, 15) is 0 Å². The molecule has 2 aromatic rings. The molecule has 0 saturated heterocycles. The maximum absolute atomic E-state index is 6.15. The van der Waals surface area contributed by atoms with Gasteiger partial charge >= 0.3 is 0 Å². The van der Waals surface area contributed by atoms with Crippen LogP contribution in [0.3, 0.4) is 0 Å². The van der Waals surface area contributed by atoms with Crippen LogP contribution in [0.5, 0.6) is 0 Å². The van der Waals surface area contributed by atoms with Crippen LogP contribution in [0, 0.1) is 0 Å². The van der Waals surface area contributed by atoms with Crippen LogP contribution in [-0.4, -0.2) is 13.1 Å². The zero-order valence-electron chi connectivity index (χ0n) is 12.3. The molecule has 0 bridgehead atoms. The summed E-state index contributed by atoms with van der Waals surface area (Å²) in [6, 6.07) is 8.40. The minimum absolute atomic E-state index is 0.173. The molecule has 2 nitrogen and oxygen atoms in total. The number of benzene rings is 1. The Balaban J connectivity index is 2.20. The van der Waals surface area contributed by atoms with E-state index in [0.717, 1.165) is 28.9 Å². The maximum Gasteiger partial charge on any atom is 0.0520 e. The second-order valence-corrected chi connectivity index (χ2v) is 7.58. The number of nitrogens with two attached hydrogens (primary N) is 1. The molecule has 0 fully saturated rings. The molecule has 0 aliphatic carbocycles. The molecule has 0 spiro atoms. The molecular formula is C16H20BrClN2S. The van der Waals surface area contributed by atoms with E-state index in [2.05, 4.69) is 52.3 Å². The smallest absolute Gasteiger partial charge is 0.0520 e. The number of hydrogen-bond donors (Lipinski definition) is 1. The molecule has 1 heterocycles. The van der Waals surface area contributed by atoms with Crippen LogP contribution >= 0.6 is 38.9 Å². The number of thiophene rings is 1. The Kier molecular flexibility index (Phi) is 6.11.